The Morgan fingerprint density at radius 2 is 2.28 bits per heavy atom. The smallest absolute Gasteiger partial charge is 0.140 e. The maximum absolute atomic E-state index is 5.98. The lowest BCUT2D eigenvalue weighted by Gasteiger charge is -2.14. The molecule has 4 nitrogen and oxygen atoms in total. The van der Waals surface area contributed by atoms with Crippen LogP contribution in [0.1, 0.15) is 31.3 Å². The van der Waals surface area contributed by atoms with Crippen molar-refractivity contribution in [3.8, 4) is 0 Å². The van der Waals surface area contributed by atoms with Crippen LogP contribution in [0.15, 0.2) is 30.6 Å². The quantitative estimate of drug-likeness (QED) is 0.903. The predicted octanol–water partition coefficient (Wildman–Crippen LogP) is 2.80. The van der Waals surface area contributed by atoms with Gasteiger partial charge in [-0.2, -0.15) is 5.10 Å². The number of nitrogens with zero attached hydrogens (tertiary/aromatic N) is 3. The minimum absolute atomic E-state index is 0.228. The minimum Gasteiger partial charge on any atom is -0.303 e. The van der Waals surface area contributed by atoms with Crippen LogP contribution in [0.25, 0.3) is 0 Å². The summed E-state index contributed by atoms with van der Waals surface area (Å²) in [6, 6.07) is 8.11. The average molecular weight is 265 g/mol. The summed E-state index contributed by atoms with van der Waals surface area (Å²) < 4.78 is 1.89. The SMILES string of the molecule is CCn1ncnc1CN[C@@H](C)c1cccc(Cl)c1. The van der Waals surface area contributed by atoms with E-state index in [1.807, 2.05) is 22.9 Å². The lowest BCUT2D eigenvalue weighted by atomic mass is 10.1. The molecule has 2 aromatic rings. The summed E-state index contributed by atoms with van der Waals surface area (Å²) in [5, 5.41) is 8.33. The molecule has 96 valence electrons. The van der Waals surface area contributed by atoms with Crippen molar-refractivity contribution in [3.63, 3.8) is 0 Å². The molecular weight excluding hydrogens is 248 g/mol. The van der Waals surface area contributed by atoms with E-state index in [1.54, 1.807) is 6.33 Å². The number of nitrogens with one attached hydrogen (secondary N) is 1. The lowest BCUT2D eigenvalue weighted by molar-refractivity contribution is 0.523. The fourth-order valence-electron chi connectivity index (χ4n) is 1.83. The first-order valence-corrected chi connectivity index (χ1v) is 6.44. The first kappa shape index (κ1) is 13.1. The molecule has 0 bridgehead atoms. The third kappa shape index (κ3) is 3.09. The number of rotatable bonds is 5. The van der Waals surface area contributed by atoms with E-state index in [-0.39, 0.29) is 6.04 Å². The highest BCUT2D eigenvalue weighted by molar-refractivity contribution is 6.30. The molecule has 5 heteroatoms. The second-order valence-corrected chi connectivity index (χ2v) is 4.59. The van der Waals surface area contributed by atoms with Gasteiger partial charge in [-0.1, -0.05) is 23.7 Å². The summed E-state index contributed by atoms with van der Waals surface area (Å²) in [6.45, 7) is 5.70. The molecule has 0 unspecified atom stereocenters. The second kappa shape index (κ2) is 5.98. The van der Waals surface area contributed by atoms with Gasteiger partial charge in [0.25, 0.3) is 0 Å². The van der Waals surface area contributed by atoms with Crippen LogP contribution in [0, 0.1) is 0 Å². The van der Waals surface area contributed by atoms with Gasteiger partial charge in [0.15, 0.2) is 0 Å². The zero-order valence-corrected chi connectivity index (χ0v) is 11.4. The van der Waals surface area contributed by atoms with Gasteiger partial charge in [-0.15, -0.1) is 0 Å². The first-order chi connectivity index (χ1) is 8.70. The highest BCUT2D eigenvalue weighted by Crippen LogP contribution is 2.17. The van der Waals surface area contributed by atoms with Gasteiger partial charge in [-0.3, -0.25) is 0 Å². The van der Waals surface area contributed by atoms with Crippen LogP contribution in [0.2, 0.25) is 5.02 Å². The number of benzene rings is 1. The van der Waals surface area contributed by atoms with Gasteiger partial charge < -0.3 is 5.32 Å². The molecule has 1 N–H and O–H groups in total. The summed E-state index contributed by atoms with van der Waals surface area (Å²) in [5.74, 6) is 0.950. The van der Waals surface area contributed by atoms with Crippen molar-refractivity contribution in [2.45, 2.75) is 33.0 Å². The summed E-state index contributed by atoms with van der Waals surface area (Å²) >= 11 is 5.98. The maximum atomic E-state index is 5.98. The summed E-state index contributed by atoms with van der Waals surface area (Å²) in [4.78, 5) is 4.23. The van der Waals surface area contributed by atoms with E-state index in [9.17, 15) is 0 Å². The van der Waals surface area contributed by atoms with Crippen molar-refractivity contribution in [2.75, 3.05) is 0 Å². The standard InChI is InChI=1S/C13H17ClN4/c1-3-18-13(16-9-17-18)8-15-10(2)11-5-4-6-12(14)7-11/h4-7,9-10,15H,3,8H2,1-2H3/t10-/m0/s1. The molecular formula is C13H17ClN4. The molecule has 0 radical (unpaired) electrons. The Balaban J connectivity index is 1.98. The van der Waals surface area contributed by atoms with Crippen LogP contribution in [0.4, 0.5) is 0 Å². The predicted molar refractivity (Wildman–Crippen MR) is 72.4 cm³/mol. The molecule has 1 aromatic heterocycles. The molecule has 2 rings (SSSR count). The Morgan fingerprint density at radius 3 is 3.00 bits per heavy atom. The van der Waals surface area contributed by atoms with Crippen molar-refractivity contribution < 1.29 is 0 Å². The molecule has 0 fully saturated rings. The van der Waals surface area contributed by atoms with Crippen molar-refractivity contribution in [1.29, 1.82) is 0 Å². The summed E-state index contributed by atoms with van der Waals surface area (Å²) in [5.41, 5.74) is 1.17. The molecule has 0 aliphatic heterocycles. The topological polar surface area (TPSA) is 42.7 Å². The largest absolute Gasteiger partial charge is 0.303 e. The molecule has 0 spiro atoms. The van der Waals surface area contributed by atoms with Gasteiger partial charge >= 0.3 is 0 Å². The normalized spacial score (nSPS) is 12.6. The van der Waals surface area contributed by atoms with E-state index < -0.39 is 0 Å². The van der Waals surface area contributed by atoms with E-state index in [0.717, 1.165) is 17.4 Å². The third-order valence-electron chi connectivity index (χ3n) is 2.91. The molecule has 0 aliphatic rings. The van der Waals surface area contributed by atoms with E-state index >= 15 is 0 Å². The van der Waals surface area contributed by atoms with Gasteiger partial charge in [0.2, 0.25) is 0 Å². The van der Waals surface area contributed by atoms with Crippen LogP contribution < -0.4 is 5.32 Å². The molecule has 0 saturated carbocycles. The van der Waals surface area contributed by atoms with Gasteiger partial charge in [-0.25, -0.2) is 9.67 Å². The zero-order chi connectivity index (χ0) is 13.0. The van der Waals surface area contributed by atoms with Gasteiger partial charge in [0, 0.05) is 17.6 Å². The van der Waals surface area contributed by atoms with Crippen LogP contribution in [-0.4, -0.2) is 14.8 Å². The highest BCUT2D eigenvalue weighted by atomic mass is 35.5. The molecule has 1 heterocycles. The van der Waals surface area contributed by atoms with Crippen LogP contribution >= 0.6 is 11.6 Å². The third-order valence-corrected chi connectivity index (χ3v) is 3.15. The van der Waals surface area contributed by atoms with Crippen molar-refractivity contribution in [1.82, 2.24) is 20.1 Å². The van der Waals surface area contributed by atoms with Crippen LogP contribution in [-0.2, 0) is 13.1 Å². The number of halogens is 1. The highest BCUT2D eigenvalue weighted by Gasteiger charge is 2.08. The Hall–Kier alpha value is -1.39. The lowest BCUT2D eigenvalue weighted by Crippen LogP contribution is -2.21. The number of aryl methyl sites for hydroxylation is 1. The number of aromatic nitrogens is 3. The molecule has 0 aliphatic carbocycles. The fourth-order valence-corrected chi connectivity index (χ4v) is 2.03. The number of hydrogen-bond acceptors (Lipinski definition) is 3. The molecule has 18 heavy (non-hydrogen) atoms. The van der Waals surface area contributed by atoms with Gasteiger partial charge in [0.05, 0.1) is 6.54 Å². The van der Waals surface area contributed by atoms with Crippen molar-refractivity contribution >= 4 is 11.6 Å². The van der Waals surface area contributed by atoms with Crippen LogP contribution in [0.5, 0.6) is 0 Å². The first-order valence-electron chi connectivity index (χ1n) is 6.06. The molecule has 1 atom stereocenters. The Kier molecular flexibility index (Phi) is 4.33. The maximum Gasteiger partial charge on any atom is 0.140 e. The summed E-state index contributed by atoms with van der Waals surface area (Å²) in [7, 11) is 0. The average Bonchev–Trinajstić information content (AvgIpc) is 2.83. The van der Waals surface area contributed by atoms with E-state index in [0.29, 0.717) is 6.54 Å². The molecule has 1 aromatic carbocycles. The van der Waals surface area contributed by atoms with Crippen molar-refractivity contribution in [2.24, 2.45) is 0 Å². The molecule has 0 amide bonds. The summed E-state index contributed by atoms with van der Waals surface area (Å²) in [6.07, 6.45) is 1.59. The Morgan fingerprint density at radius 1 is 1.44 bits per heavy atom. The van der Waals surface area contributed by atoms with Gasteiger partial charge in [0.1, 0.15) is 12.2 Å². The van der Waals surface area contributed by atoms with Crippen LogP contribution in [0.3, 0.4) is 0 Å². The number of hydrogen-bond donors (Lipinski definition) is 1. The molecule has 0 saturated heterocycles. The van der Waals surface area contributed by atoms with Crippen molar-refractivity contribution in [3.05, 3.63) is 47.0 Å². The van der Waals surface area contributed by atoms with E-state index in [1.165, 1.54) is 5.56 Å². The van der Waals surface area contributed by atoms with E-state index in [2.05, 4.69) is 35.3 Å². The zero-order valence-electron chi connectivity index (χ0n) is 10.6. The fraction of sp³-hybridized carbons (Fsp3) is 0.385. The Bertz CT molecular complexity index is 509. The monoisotopic (exact) mass is 264 g/mol. The second-order valence-electron chi connectivity index (χ2n) is 4.15. The van der Waals surface area contributed by atoms with Gasteiger partial charge in [-0.05, 0) is 31.5 Å². The minimum atomic E-state index is 0.228. The van der Waals surface area contributed by atoms with E-state index in [4.69, 9.17) is 11.6 Å². The Labute approximate surface area is 112 Å².